The van der Waals surface area contributed by atoms with E-state index >= 15 is 0 Å². The highest BCUT2D eigenvalue weighted by molar-refractivity contribution is 6.04. The highest BCUT2D eigenvalue weighted by atomic mass is 19.1. The molecule has 2 N–H and O–H groups in total. The number of aromatic nitrogens is 3. The molecule has 2 aromatic heterocycles. The van der Waals surface area contributed by atoms with E-state index in [-0.39, 0.29) is 34.9 Å². The maximum Gasteiger partial charge on any atom is 0.259 e. The zero-order chi connectivity index (χ0) is 22.1. The Bertz CT molecular complexity index is 1050. The van der Waals surface area contributed by atoms with Gasteiger partial charge in [0, 0.05) is 25.1 Å². The Hall–Kier alpha value is -3.36. The third kappa shape index (κ3) is 4.29. The zero-order valence-corrected chi connectivity index (χ0v) is 18.0. The molecule has 1 aromatic carbocycles. The van der Waals surface area contributed by atoms with E-state index in [0.29, 0.717) is 11.4 Å². The third-order valence-corrected chi connectivity index (χ3v) is 4.58. The number of nitrogens with one attached hydrogen (secondary N) is 2. The van der Waals surface area contributed by atoms with Gasteiger partial charge in [-0.25, -0.2) is 4.39 Å². The molecular weight excluding hydrogens is 389 g/mol. The van der Waals surface area contributed by atoms with Crippen LogP contribution in [0.25, 0.3) is 11.3 Å². The van der Waals surface area contributed by atoms with Crippen LogP contribution in [0.3, 0.4) is 0 Å². The topological polar surface area (TPSA) is 96.3 Å². The highest BCUT2D eigenvalue weighted by Crippen LogP contribution is 2.33. The summed E-state index contributed by atoms with van der Waals surface area (Å²) in [5, 5.41) is 14.1. The fraction of sp³-hybridized carbons (Fsp3) is 0.381. The molecule has 30 heavy (non-hydrogen) atoms. The summed E-state index contributed by atoms with van der Waals surface area (Å²) in [6, 6.07) is 6.16. The van der Waals surface area contributed by atoms with E-state index in [9.17, 15) is 9.18 Å². The van der Waals surface area contributed by atoms with Crippen molar-refractivity contribution in [3.8, 4) is 17.1 Å². The Morgan fingerprint density at radius 1 is 1.30 bits per heavy atom. The molecule has 0 aliphatic rings. The molecule has 0 fully saturated rings. The van der Waals surface area contributed by atoms with Crippen molar-refractivity contribution >= 4 is 11.7 Å². The summed E-state index contributed by atoms with van der Waals surface area (Å²) in [4.78, 5) is 14.7. The molecule has 0 radical (unpaired) electrons. The van der Waals surface area contributed by atoms with E-state index in [0.717, 1.165) is 11.4 Å². The van der Waals surface area contributed by atoms with E-state index in [1.807, 2.05) is 6.07 Å². The van der Waals surface area contributed by atoms with Crippen molar-refractivity contribution in [3.05, 3.63) is 47.0 Å². The molecule has 2 heterocycles. The lowest BCUT2D eigenvalue weighted by atomic mass is 9.92. The van der Waals surface area contributed by atoms with Gasteiger partial charge >= 0.3 is 0 Å². The zero-order valence-electron chi connectivity index (χ0n) is 18.0. The number of carbonyl (C=O) groups excluding carboxylic acids is 1. The number of ether oxygens (including phenoxy) is 1. The van der Waals surface area contributed by atoms with Crippen LogP contribution in [-0.2, 0) is 12.0 Å². The minimum atomic E-state index is -0.506. The molecule has 0 spiro atoms. The molecule has 8 nitrogen and oxygen atoms in total. The second kappa shape index (κ2) is 8.17. The normalized spacial score (nSPS) is 11.4. The number of halogens is 1. The number of H-pyrrole nitrogens is 1. The number of carbonyl (C=O) groups is 1. The van der Waals surface area contributed by atoms with Crippen LogP contribution in [-0.4, -0.2) is 42.5 Å². The van der Waals surface area contributed by atoms with E-state index in [1.165, 1.54) is 25.3 Å². The minimum Gasteiger partial charge on any atom is -0.494 e. The van der Waals surface area contributed by atoms with Crippen LogP contribution in [0.1, 0.15) is 42.5 Å². The van der Waals surface area contributed by atoms with Gasteiger partial charge in [-0.05, 0) is 24.3 Å². The maximum atomic E-state index is 13.8. The van der Waals surface area contributed by atoms with Crippen molar-refractivity contribution in [3.63, 3.8) is 0 Å². The molecule has 160 valence electrons. The first-order valence-corrected chi connectivity index (χ1v) is 9.45. The lowest BCUT2D eigenvalue weighted by Gasteiger charge is -2.13. The first-order chi connectivity index (χ1) is 14.1. The molecule has 0 aliphatic carbocycles. The predicted octanol–water partition coefficient (Wildman–Crippen LogP) is 3.51. The molecule has 0 aliphatic heterocycles. The van der Waals surface area contributed by atoms with Crippen LogP contribution in [0.15, 0.2) is 28.8 Å². The van der Waals surface area contributed by atoms with Crippen LogP contribution in [0.4, 0.5) is 10.2 Å². The Balaban J connectivity index is 1.89. The summed E-state index contributed by atoms with van der Waals surface area (Å²) in [7, 11) is 4.89. The fourth-order valence-electron chi connectivity index (χ4n) is 2.89. The van der Waals surface area contributed by atoms with Crippen molar-refractivity contribution in [1.29, 1.82) is 0 Å². The van der Waals surface area contributed by atoms with E-state index in [1.54, 1.807) is 19.0 Å². The monoisotopic (exact) mass is 415 g/mol. The van der Waals surface area contributed by atoms with Gasteiger partial charge in [0.1, 0.15) is 5.56 Å². The summed E-state index contributed by atoms with van der Waals surface area (Å²) in [5.74, 6) is -0.229. The number of amides is 1. The molecule has 3 rings (SSSR count). The molecule has 0 saturated carbocycles. The summed E-state index contributed by atoms with van der Waals surface area (Å²) < 4.78 is 24.3. The van der Waals surface area contributed by atoms with Crippen molar-refractivity contribution in [2.24, 2.45) is 0 Å². The number of benzene rings is 1. The van der Waals surface area contributed by atoms with Crippen molar-refractivity contribution < 1.29 is 18.4 Å². The largest absolute Gasteiger partial charge is 0.494 e. The standard InChI is InChI=1S/C21H26FN5O3/c1-21(2,3)16-10-13(24-25-16)11-23-20(28)17-18(30-26-19(17)27(4)5)12-7-8-14(22)15(9-12)29-6/h7-10H,11H2,1-6H3,(H,23,28)(H,24,25). The number of hydrogen-bond acceptors (Lipinski definition) is 6. The number of nitrogens with zero attached hydrogens (tertiary/aromatic N) is 3. The quantitative estimate of drug-likeness (QED) is 0.640. The Morgan fingerprint density at radius 2 is 2.03 bits per heavy atom. The molecule has 3 aromatic rings. The highest BCUT2D eigenvalue weighted by Gasteiger charge is 2.26. The average Bonchev–Trinajstić information content (AvgIpc) is 3.33. The molecular formula is C21H26FN5O3. The Kier molecular flexibility index (Phi) is 5.82. The number of rotatable bonds is 6. The number of methoxy groups -OCH3 is 1. The lowest BCUT2D eigenvalue weighted by Crippen LogP contribution is -2.25. The van der Waals surface area contributed by atoms with E-state index in [4.69, 9.17) is 9.26 Å². The Labute approximate surface area is 174 Å². The van der Waals surface area contributed by atoms with Gasteiger partial charge in [-0.15, -0.1) is 0 Å². The summed E-state index contributed by atoms with van der Waals surface area (Å²) in [6.45, 7) is 6.45. The maximum absolute atomic E-state index is 13.8. The molecule has 9 heteroatoms. The van der Waals surface area contributed by atoms with Crippen molar-refractivity contribution in [2.45, 2.75) is 32.7 Å². The molecule has 0 bridgehead atoms. The van der Waals surface area contributed by atoms with E-state index < -0.39 is 5.82 Å². The van der Waals surface area contributed by atoms with Crippen molar-refractivity contribution in [1.82, 2.24) is 20.7 Å². The number of anilines is 1. The van der Waals surface area contributed by atoms with Crippen molar-refractivity contribution in [2.75, 3.05) is 26.1 Å². The van der Waals surface area contributed by atoms with Gasteiger partial charge in [0.25, 0.3) is 5.91 Å². The van der Waals surface area contributed by atoms with Gasteiger partial charge in [0.2, 0.25) is 0 Å². The molecule has 0 atom stereocenters. The molecule has 0 saturated heterocycles. The second-order valence-electron chi connectivity index (χ2n) is 8.17. The number of aromatic amines is 1. The van der Waals surface area contributed by atoms with Gasteiger partial charge < -0.3 is 19.5 Å². The first kappa shape index (κ1) is 21.4. The van der Waals surface area contributed by atoms with Gasteiger partial charge in [-0.3, -0.25) is 9.89 Å². The third-order valence-electron chi connectivity index (χ3n) is 4.58. The summed E-state index contributed by atoms with van der Waals surface area (Å²) in [6.07, 6.45) is 0. The smallest absolute Gasteiger partial charge is 0.259 e. The number of hydrogen-bond donors (Lipinski definition) is 2. The van der Waals surface area contributed by atoms with Crippen LogP contribution in [0.5, 0.6) is 5.75 Å². The SMILES string of the molecule is COc1cc(-c2onc(N(C)C)c2C(=O)NCc2cc(C(C)(C)C)n[nH]2)ccc1F. The van der Waals surface area contributed by atoms with Crippen LogP contribution in [0, 0.1) is 5.82 Å². The summed E-state index contributed by atoms with van der Waals surface area (Å²) in [5.41, 5.74) is 2.32. The average molecular weight is 415 g/mol. The first-order valence-electron chi connectivity index (χ1n) is 9.45. The van der Waals surface area contributed by atoms with Crippen LogP contribution < -0.4 is 15.0 Å². The molecule has 0 unspecified atom stereocenters. The molecule has 1 amide bonds. The van der Waals surface area contributed by atoms with Gasteiger partial charge in [0.05, 0.1) is 25.0 Å². The van der Waals surface area contributed by atoms with Gasteiger partial charge in [-0.2, -0.15) is 5.10 Å². The Morgan fingerprint density at radius 3 is 2.63 bits per heavy atom. The minimum absolute atomic E-state index is 0.0498. The van der Waals surface area contributed by atoms with Crippen LogP contribution in [0.2, 0.25) is 0 Å². The van der Waals surface area contributed by atoms with E-state index in [2.05, 4.69) is 41.4 Å². The second-order valence-corrected chi connectivity index (χ2v) is 8.17. The fourth-order valence-corrected chi connectivity index (χ4v) is 2.89. The van der Waals surface area contributed by atoms with Gasteiger partial charge in [-0.1, -0.05) is 25.9 Å². The lowest BCUT2D eigenvalue weighted by molar-refractivity contribution is 0.0951. The van der Waals surface area contributed by atoms with Gasteiger partial charge in [0.15, 0.2) is 23.1 Å². The summed E-state index contributed by atoms with van der Waals surface area (Å²) >= 11 is 0. The van der Waals surface area contributed by atoms with Crippen LogP contribution >= 0.6 is 0 Å². The predicted molar refractivity (Wildman–Crippen MR) is 111 cm³/mol.